The molecule has 3 aromatic rings. The minimum atomic E-state index is -1.49. The fourth-order valence-corrected chi connectivity index (χ4v) is 3.14. The molecule has 1 aromatic carbocycles. The molecule has 3 heterocycles. The van der Waals surface area contributed by atoms with Crippen molar-refractivity contribution in [1.29, 1.82) is 0 Å². The molecule has 0 bridgehead atoms. The summed E-state index contributed by atoms with van der Waals surface area (Å²) >= 11 is 0. The van der Waals surface area contributed by atoms with Gasteiger partial charge in [-0.3, -0.25) is 14.2 Å². The number of imidazole rings is 1. The highest BCUT2D eigenvalue weighted by atomic mass is 16.7. The molecule has 0 unspecified atom stereocenters. The number of nitrogens with zero attached hydrogens (tertiary/aromatic N) is 4. The van der Waals surface area contributed by atoms with Crippen molar-refractivity contribution in [1.82, 2.24) is 25.0 Å². The minimum absolute atomic E-state index is 0.0970. The van der Waals surface area contributed by atoms with Crippen molar-refractivity contribution in [3.63, 3.8) is 0 Å². The Balaban J connectivity index is 1.66. The first-order valence-electron chi connectivity index (χ1n) is 9.50. The molecule has 2 aromatic heterocycles. The van der Waals surface area contributed by atoms with Crippen LogP contribution in [0.5, 0.6) is 0 Å². The minimum Gasteiger partial charge on any atom is -0.387 e. The van der Waals surface area contributed by atoms with Crippen molar-refractivity contribution in [2.45, 2.75) is 31.5 Å². The molecular formula is C20H20N6O5. The second-order valence-corrected chi connectivity index (χ2v) is 6.70. The Kier molecular flexibility index (Phi) is 5.79. The lowest BCUT2D eigenvalue weighted by atomic mass is 10.1. The van der Waals surface area contributed by atoms with Crippen molar-refractivity contribution < 1.29 is 24.6 Å². The predicted octanol–water partition coefficient (Wildman–Crippen LogP) is -0.505. The highest BCUT2D eigenvalue weighted by molar-refractivity contribution is 5.82. The molecule has 0 aliphatic carbocycles. The number of aliphatic hydroxyl groups is 2. The summed E-state index contributed by atoms with van der Waals surface area (Å²) in [6.07, 6.45) is -4.06. The molecule has 0 saturated carbocycles. The molecule has 11 nitrogen and oxygen atoms in total. The lowest BCUT2D eigenvalue weighted by Crippen LogP contribution is -2.42. The Morgan fingerprint density at radius 2 is 2.03 bits per heavy atom. The van der Waals surface area contributed by atoms with Gasteiger partial charge in [-0.1, -0.05) is 24.1 Å². The molecule has 1 amide bonds. The summed E-state index contributed by atoms with van der Waals surface area (Å²) in [4.78, 5) is 29.7. The molecule has 0 spiro atoms. The average Bonchev–Trinajstić information content (AvgIpc) is 3.33. The van der Waals surface area contributed by atoms with Gasteiger partial charge in [0.25, 0.3) is 5.91 Å². The number of nitrogens with two attached hydrogens (primary N) is 1. The van der Waals surface area contributed by atoms with Crippen LogP contribution in [0.25, 0.3) is 11.2 Å². The van der Waals surface area contributed by atoms with Gasteiger partial charge in [0.2, 0.25) is 5.82 Å². The number of hydroxylamine groups is 1. The summed E-state index contributed by atoms with van der Waals surface area (Å²) in [7, 11) is 0. The standard InChI is InChI=1S/C20H20N6O5/c1-2-30-25-19(29)16-14(27)15(28)20(31-16)26-10-22-13-17(21)23-12(24-18(13)26)9-8-11-6-4-3-5-7-11/h3-7,10,14-16,20,27-28H,2H2,1H3,(H,25,29)(H2,21,23,24)/t14-,15+,16-,20+/m0/s1. The lowest BCUT2D eigenvalue weighted by molar-refractivity contribution is -0.150. The molecule has 1 fully saturated rings. The first-order valence-corrected chi connectivity index (χ1v) is 9.50. The van der Waals surface area contributed by atoms with Crippen LogP contribution in [0.2, 0.25) is 0 Å². The van der Waals surface area contributed by atoms with E-state index in [4.69, 9.17) is 15.3 Å². The van der Waals surface area contributed by atoms with Gasteiger partial charge < -0.3 is 20.7 Å². The molecule has 1 aliphatic rings. The van der Waals surface area contributed by atoms with Crippen molar-refractivity contribution in [2.24, 2.45) is 0 Å². The summed E-state index contributed by atoms with van der Waals surface area (Å²) in [5.74, 6) is 5.31. The van der Waals surface area contributed by atoms with Crippen LogP contribution in [-0.2, 0) is 14.4 Å². The fraction of sp³-hybridized carbons (Fsp3) is 0.300. The van der Waals surface area contributed by atoms with Gasteiger partial charge in [-0.15, -0.1) is 0 Å². The molecule has 4 atom stereocenters. The number of hydrogen-bond donors (Lipinski definition) is 4. The maximum atomic E-state index is 12.1. The number of aromatic nitrogens is 4. The predicted molar refractivity (Wildman–Crippen MR) is 108 cm³/mol. The summed E-state index contributed by atoms with van der Waals surface area (Å²) in [5.41, 5.74) is 9.45. The summed E-state index contributed by atoms with van der Waals surface area (Å²) in [6.45, 7) is 1.92. The Hall–Kier alpha value is -3.56. The number of ether oxygens (including phenoxy) is 1. The van der Waals surface area contributed by atoms with E-state index < -0.39 is 30.4 Å². The fourth-order valence-electron chi connectivity index (χ4n) is 3.14. The highest BCUT2D eigenvalue weighted by Crippen LogP contribution is 2.32. The van der Waals surface area contributed by atoms with E-state index in [2.05, 4.69) is 32.3 Å². The van der Waals surface area contributed by atoms with Crippen LogP contribution in [0, 0.1) is 11.8 Å². The molecule has 0 radical (unpaired) electrons. The third-order valence-corrected chi connectivity index (χ3v) is 4.63. The van der Waals surface area contributed by atoms with E-state index >= 15 is 0 Å². The van der Waals surface area contributed by atoms with Gasteiger partial charge in [-0.25, -0.2) is 20.4 Å². The molecule has 11 heteroatoms. The topological polar surface area (TPSA) is 158 Å². The Bertz CT molecular complexity index is 1160. The van der Waals surface area contributed by atoms with Crippen LogP contribution in [0.4, 0.5) is 5.82 Å². The van der Waals surface area contributed by atoms with Gasteiger partial charge in [0.1, 0.15) is 17.7 Å². The summed E-state index contributed by atoms with van der Waals surface area (Å²) in [5, 5.41) is 20.8. The van der Waals surface area contributed by atoms with Gasteiger partial charge in [0.05, 0.1) is 12.9 Å². The van der Waals surface area contributed by atoms with Gasteiger partial charge in [0, 0.05) is 5.56 Å². The van der Waals surface area contributed by atoms with Gasteiger partial charge in [0.15, 0.2) is 23.8 Å². The normalized spacial score (nSPS) is 22.8. The zero-order chi connectivity index (χ0) is 22.0. The van der Waals surface area contributed by atoms with Gasteiger partial charge in [-0.05, 0) is 25.0 Å². The van der Waals surface area contributed by atoms with Crippen molar-refractivity contribution >= 4 is 22.9 Å². The van der Waals surface area contributed by atoms with E-state index in [1.165, 1.54) is 10.9 Å². The number of anilines is 1. The number of amides is 1. The van der Waals surface area contributed by atoms with Crippen molar-refractivity contribution in [3.05, 3.63) is 48.0 Å². The second kappa shape index (κ2) is 8.66. The maximum Gasteiger partial charge on any atom is 0.275 e. The van der Waals surface area contributed by atoms with Crippen molar-refractivity contribution in [2.75, 3.05) is 12.3 Å². The van der Waals surface area contributed by atoms with Crippen LogP contribution in [0.1, 0.15) is 24.5 Å². The van der Waals surface area contributed by atoms with E-state index in [1.54, 1.807) is 6.92 Å². The van der Waals surface area contributed by atoms with E-state index in [-0.39, 0.29) is 29.4 Å². The molecule has 31 heavy (non-hydrogen) atoms. The van der Waals surface area contributed by atoms with Crippen LogP contribution < -0.4 is 11.2 Å². The van der Waals surface area contributed by atoms with E-state index in [1.807, 2.05) is 30.3 Å². The first-order chi connectivity index (χ1) is 15.0. The van der Waals surface area contributed by atoms with Crippen LogP contribution in [-0.4, -0.2) is 60.6 Å². The zero-order valence-corrected chi connectivity index (χ0v) is 16.5. The molecule has 160 valence electrons. The Morgan fingerprint density at radius 3 is 2.77 bits per heavy atom. The lowest BCUT2D eigenvalue weighted by Gasteiger charge is -2.16. The number of nitrogen functional groups attached to an aromatic ring is 1. The number of nitrogens with one attached hydrogen (secondary N) is 1. The number of hydrogen-bond acceptors (Lipinski definition) is 9. The molecule has 1 saturated heterocycles. The number of rotatable bonds is 4. The monoisotopic (exact) mass is 424 g/mol. The quantitative estimate of drug-likeness (QED) is 0.320. The van der Waals surface area contributed by atoms with Gasteiger partial charge >= 0.3 is 0 Å². The third kappa shape index (κ3) is 4.05. The maximum absolute atomic E-state index is 12.1. The van der Waals surface area contributed by atoms with E-state index in [9.17, 15) is 15.0 Å². The second-order valence-electron chi connectivity index (χ2n) is 6.70. The van der Waals surface area contributed by atoms with Crippen molar-refractivity contribution in [3.8, 4) is 11.8 Å². The number of carbonyl (C=O) groups is 1. The first kappa shape index (κ1) is 20.7. The Morgan fingerprint density at radius 1 is 1.26 bits per heavy atom. The SMILES string of the molecule is CCONC(=O)[C@H]1O[C@@H](n2cnc3c(N)nc(C#Cc4ccccc4)nc32)[C@H](O)[C@@H]1O. The van der Waals surface area contributed by atoms with Crippen LogP contribution >= 0.6 is 0 Å². The van der Waals surface area contributed by atoms with Gasteiger partial charge in [-0.2, -0.15) is 0 Å². The average molecular weight is 424 g/mol. The smallest absolute Gasteiger partial charge is 0.275 e. The molecule has 1 aliphatic heterocycles. The number of aliphatic hydroxyl groups excluding tert-OH is 2. The number of benzene rings is 1. The summed E-state index contributed by atoms with van der Waals surface area (Å²) in [6, 6.07) is 9.29. The van der Waals surface area contributed by atoms with E-state index in [0.29, 0.717) is 0 Å². The van der Waals surface area contributed by atoms with E-state index in [0.717, 1.165) is 5.56 Å². The largest absolute Gasteiger partial charge is 0.387 e. The molecule has 5 N–H and O–H groups in total. The number of fused-ring (bicyclic) bond motifs is 1. The zero-order valence-electron chi connectivity index (χ0n) is 16.5. The van der Waals surface area contributed by atoms with Crippen LogP contribution in [0.3, 0.4) is 0 Å². The highest BCUT2D eigenvalue weighted by Gasteiger charge is 2.48. The molecular weight excluding hydrogens is 404 g/mol. The third-order valence-electron chi connectivity index (χ3n) is 4.63. The molecule has 4 rings (SSSR count). The Labute approximate surface area is 176 Å². The number of carbonyl (C=O) groups excluding carboxylic acids is 1. The van der Waals surface area contributed by atoms with Crippen LogP contribution in [0.15, 0.2) is 36.7 Å². The summed E-state index contributed by atoms with van der Waals surface area (Å²) < 4.78 is 6.98.